The topological polar surface area (TPSA) is 51.1 Å². The Labute approximate surface area is 143 Å². The van der Waals surface area contributed by atoms with Gasteiger partial charge < -0.3 is 9.64 Å². The molecule has 0 amide bonds. The molecule has 3 aromatic heterocycles. The van der Waals surface area contributed by atoms with Crippen LogP contribution in [0.3, 0.4) is 0 Å². The van der Waals surface area contributed by atoms with Gasteiger partial charge in [0.1, 0.15) is 22.1 Å². The van der Waals surface area contributed by atoms with Crippen molar-refractivity contribution in [3.63, 3.8) is 0 Å². The van der Waals surface area contributed by atoms with Crippen LogP contribution in [-0.2, 0) is 17.8 Å². The fourth-order valence-corrected chi connectivity index (χ4v) is 4.42. The molecule has 0 radical (unpaired) electrons. The Balaban J connectivity index is 2.15. The fourth-order valence-electron chi connectivity index (χ4n) is 3.13. The molecule has 0 spiro atoms. The molecular formula is C16H17ClN4OS. The molecule has 0 aliphatic carbocycles. The lowest BCUT2D eigenvalue weighted by atomic mass is 9.90. The molecule has 0 unspecified atom stereocenters. The van der Waals surface area contributed by atoms with E-state index in [0.29, 0.717) is 11.8 Å². The van der Waals surface area contributed by atoms with E-state index in [0.717, 1.165) is 38.2 Å². The standard InChI is InChI=1S/C16H17ClN4OS/c1-16(2)5-8-9(6-22-16)14(21(3)4)20-15-10(8)11-12(23-15)13(17)19-7-18-11/h7H,5-6H2,1-4H3. The van der Waals surface area contributed by atoms with Crippen molar-refractivity contribution in [3.8, 4) is 0 Å². The van der Waals surface area contributed by atoms with Crippen molar-refractivity contribution in [1.29, 1.82) is 0 Å². The maximum Gasteiger partial charge on any atom is 0.150 e. The Morgan fingerprint density at radius 1 is 1.26 bits per heavy atom. The molecule has 0 saturated heterocycles. The second kappa shape index (κ2) is 5.00. The number of pyridine rings is 1. The van der Waals surface area contributed by atoms with Crippen molar-refractivity contribution < 1.29 is 4.74 Å². The second-order valence-electron chi connectivity index (χ2n) is 6.64. The predicted molar refractivity (Wildman–Crippen MR) is 94.6 cm³/mol. The van der Waals surface area contributed by atoms with Gasteiger partial charge in [-0.3, -0.25) is 0 Å². The number of rotatable bonds is 1. The van der Waals surface area contributed by atoms with Gasteiger partial charge in [-0.2, -0.15) is 0 Å². The van der Waals surface area contributed by atoms with Gasteiger partial charge in [-0.1, -0.05) is 11.6 Å². The Bertz CT molecular complexity index is 935. The summed E-state index contributed by atoms with van der Waals surface area (Å²) in [5.74, 6) is 0.957. The summed E-state index contributed by atoms with van der Waals surface area (Å²) in [5, 5.41) is 1.59. The molecule has 3 aromatic rings. The molecule has 4 heterocycles. The number of hydrogen-bond donors (Lipinski definition) is 0. The predicted octanol–water partition coefficient (Wildman–Crippen LogP) is 3.81. The number of aromatic nitrogens is 3. The van der Waals surface area contributed by atoms with Crippen LogP contribution in [0.2, 0.25) is 5.15 Å². The SMILES string of the molecule is CN(C)c1nc2sc3c(Cl)ncnc3c2c2c1COC(C)(C)C2. The molecule has 5 nitrogen and oxygen atoms in total. The monoisotopic (exact) mass is 348 g/mol. The van der Waals surface area contributed by atoms with Gasteiger partial charge in [-0.15, -0.1) is 11.3 Å². The third kappa shape index (κ3) is 2.28. The quantitative estimate of drug-likeness (QED) is 0.626. The van der Waals surface area contributed by atoms with Gasteiger partial charge in [0, 0.05) is 31.5 Å². The lowest BCUT2D eigenvalue weighted by Gasteiger charge is -2.34. The van der Waals surface area contributed by atoms with Gasteiger partial charge >= 0.3 is 0 Å². The fraction of sp³-hybridized carbons (Fsp3) is 0.438. The number of halogens is 1. The smallest absolute Gasteiger partial charge is 0.150 e. The van der Waals surface area contributed by atoms with Gasteiger partial charge in [0.25, 0.3) is 0 Å². The minimum atomic E-state index is -0.198. The van der Waals surface area contributed by atoms with E-state index in [1.54, 1.807) is 11.3 Å². The molecule has 0 aromatic carbocycles. The summed E-state index contributed by atoms with van der Waals surface area (Å²) < 4.78 is 6.92. The van der Waals surface area contributed by atoms with Crippen LogP contribution < -0.4 is 4.90 Å². The largest absolute Gasteiger partial charge is 0.370 e. The van der Waals surface area contributed by atoms with E-state index in [9.17, 15) is 0 Å². The second-order valence-corrected chi connectivity index (χ2v) is 7.99. The molecule has 0 atom stereocenters. The summed E-state index contributed by atoms with van der Waals surface area (Å²) in [6, 6.07) is 0. The molecule has 0 N–H and O–H groups in total. The van der Waals surface area contributed by atoms with Crippen LogP contribution in [-0.4, -0.2) is 34.6 Å². The molecule has 0 fully saturated rings. The van der Waals surface area contributed by atoms with Gasteiger partial charge in [0.2, 0.25) is 0 Å². The van der Waals surface area contributed by atoms with Gasteiger partial charge in [0.05, 0.1) is 22.4 Å². The Kier molecular flexibility index (Phi) is 3.27. The molecule has 7 heteroatoms. The van der Waals surface area contributed by atoms with Gasteiger partial charge in [-0.25, -0.2) is 15.0 Å². The summed E-state index contributed by atoms with van der Waals surface area (Å²) in [6.45, 7) is 4.80. The minimum absolute atomic E-state index is 0.198. The van der Waals surface area contributed by atoms with Crippen LogP contribution in [0.1, 0.15) is 25.0 Å². The van der Waals surface area contributed by atoms with Gasteiger partial charge in [-0.05, 0) is 19.4 Å². The van der Waals surface area contributed by atoms with E-state index in [1.165, 1.54) is 11.9 Å². The Morgan fingerprint density at radius 3 is 2.78 bits per heavy atom. The molecule has 0 bridgehead atoms. The first kappa shape index (κ1) is 15.1. The summed E-state index contributed by atoms with van der Waals surface area (Å²) in [7, 11) is 4.02. The summed E-state index contributed by atoms with van der Waals surface area (Å²) in [5.41, 5.74) is 3.12. The molecular weight excluding hydrogens is 332 g/mol. The first-order chi connectivity index (χ1) is 10.9. The van der Waals surface area contributed by atoms with Crippen LogP contribution >= 0.6 is 22.9 Å². The lowest BCUT2D eigenvalue weighted by Crippen LogP contribution is -2.33. The third-order valence-electron chi connectivity index (χ3n) is 4.19. The maximum atomic E-state index is 6.27. The first-order valence-electron chi connectivity index (χ1n) is 7.43. The van der Waals surface area contributed by atoms with Crippen LogP contribution in [0.5, 0.6) is 0 Å². The van der Waals surface area contributed by atoms with Crippen LogP contribution in [0.25, 0.3) is 20.4 Å². The molecule has 1 aliphatic heterocycles. The van der Waals surface area contributed by atoms with E-state index in [4.69, 9.17) is 21.3 Å². The molecule has 23 heavy (non-hydrogen) atoms. The molecule has 120 valence electrons. The van der Waals surface area contributed by atoms with Gasteiger partial charge in [0.15, 0.2) is 0 Å². The van der Waals surface area contributed by atoms with E-state index in [2.05, 4.69) is 23.8 Å². The highest BCUT2D eigenvalue weighted by atomic mass is 35.5. The summed E-state index contributed by atoms with van der Waals surface area (Å²) in [4.78, 5) is 16.4. The lowest BCUT2D eigenvalue weighted by molar-refractivity contribution is -0.0395. The molecule has 1 aliphatic rings. The van der Waals surface area contributed by atoms with E-state index < -0.39 is 0 Å². The van der Waals surface area contributed by atoms with Crippen LogP contribution in [0.4, 0.5) is 5.82 Å². The summed E-state index contributed by atoms with van der Waals surface area (Å²) in [6.07, 6.45) is 2.35. The normalized spacial score (nSPS) is 16.7. The third-order valence-corrected chi connectivity index (χ3v) is 5.66. The zero-order valence-corrected chi connectivity index (χ0v) is 15.0. The highest BCUT2D eigenvalue weighted by Gasteiger charge is 2.32. The van der Waals surface area contributed by atoms with Crippen molar-refractivity contribution in [3.05, 3.63) is 22.6 Å². The average molecular weight is 349 g/mol. The van der Waals surface area contributed by atoms with E-state index >= 15 is 0 Å². The van der Waals surface area contributed by atoms with Crippen molar-refractivity contribution in [2.75, 3.05) is 19.0 Å². The zero-order valence-electron chi connectivity index (χ0n) is 13.5. The average Bonchev–Trinajstić information content (AvgIpc) is 2.85. The van der Waals surface area contributed by atoms with Crippen LogP contribution in [0.15, 0.2) is 6.33 Å². The Hall–Kier alpha value is -1.50. The highest BCUT2D eigenvalue weighted by molar-refractivity contribution is 7.26. The van der Waals surface area contributed by atoms with Crippen molar-refractivity contribution in [1.82, 2.24) is 15.0 Å². The number of hydrogen-bond acceptors (Lipinski definition) is 6. The van der Waals surface area contributed by atoms with Crippen molar-refractivity contribution in [2.45, 2.75) is 32.5 Å². The zero-order chi connectivity index (χ0) is 16.4. The summed E-state index contributed by atoms with van der Waals surface area (Å²) >= 11 is 7.82. The number of fused-ring (bicyclic) bond motifs is 5. The number of thiophene rings is 1. The number of anilines is 1. The Morgan fingerprint density at radius 2 is 2.04 bits per heavy atom. The molecule has 0 saturated carbocycles. The highest BCUT2D eigenvalue weighted by Crippen LogP contribution is 2.43. The maximum absolute atomic E-state index is 6.27. The van der Waals surface area contributed by atoms with Crippen LogP contribution in [0, 0.1) is 0 Å². The van der Waals surface area contributed by atoms with E-state index in [1.807, 2.05) is 19.0 Å². The first-order valence-corrected chi connectivity index (χ1v) is 8.62. The van der Waals surface area contributed by atoms with Crippen molar-refractivity contribution in [2.24, 2.45) is 0 Å². The minimum Gasteiger partial charge on any atom is -0.370 e. The number of nitrogens with zero attached hydrogens (tertiary/aromatic N) is 4. The molecule has 4 rings (SSSR count). The van der Waals surface area contributed by atoms with Crippen molar-refractivity contribution >= 4 is 49.2 Å². The van der Waals surface area contributed by atoms with E-state index in [-0.39, 0.29) is 5.60 Å². The number of ether oxygens (including phenoxy) is 1.